The van der Waals surface area contributed by atoms with Crippen molar-refractivity contribution in [2.24, 2.45) is 0 Å². The van der Waals surface area contributed by atoms with Gasteiger partial charge >= 0.3 is 5.51 Å². The first-order valence-electron chi connectivity index (χ1n) is 4.22. The number of aryl methyl sites for hydroxylation is 1. The van der Waals surface area contributed by atoms with Crippen LogP contribution in [0.25, 0.3) is 0 Å². The Labute approximate surface area is 90.7 Å². The van der Waals surface area contributed by atoms with Gasteiger partial charge in [0.2, 0.25) is 6.33 Å². The highest BCUT2D eigenvalue weighted by Gasteiger charge is 2.36. The Hall–Kier alpha value is -1.09. The molecule has 0 bridgehead atoms. The van der Waals surface area contributed by atoms with Crippen molar-refractivity contribution in [3.63, 3.8) is 0 Å². The summed E-state index contributed by atoms with van der Waals surface area (Å²) in [6, 6.07) is 0. The fourth-order valence-electron chi connectivity index (χ4n) is 0.718. The van der Waals surface area contributed by atoms with Crippen molar-refractivity contribution in [2.75, 3.05) is 0 Å². The molecule has 1 heterocycles. The zero-order chi connectivity index (χ0) is 12.8. The van der Waals surface area contributed by atoms with Crippen LogP contribution in [0.2, 0.25) is 0 Å². The summed E-state index contributed by atoms with van der Waals surface area (Å²) in [5.74, 6) is 0. The van der Waals surface area contributed by atoms with Crippen LogP contribution in [-0.4, -0.2) is 23.5 Å². The fourth-order valence-corrected chi connectivity index (χ4v) is 0.718. The highest BCUT2D eigenvalue weighted by Crippen LogP contribution is 2.20. The molecule has 0 aliphatic rings. The van der Waals surface area contributed by atoms with E-state index in [0.29, 0.717) is 0 Å². The number of halogens is 3. The minimum Gasteiger partial charge on any atom is -0.741 e. The van der Waals surface area contributed by atoms with Gasteiger partial charge in [0.05, 0.1) is 6.54 Å². The molecule has 0 saturated heterocycles. The maximum Gasteiger partial charge on any atom is 0.485 e. The molecular weight excluding hydrogens is 249 g/mol. The number of hydrogen-bond donors (Lipinski definition) is 1. The number of nitrogens with zero attached hydrogens (tertiary/aromatic N) is 1. The zero-order valence-electron chi connectivity index (χ0n) is 8.36. The Bertz CT molecular complexity index is 386. The first kappa shape index (κ1) is 14.9. The van der Waals surface area contributed by atoms with E-state index < -0.39 is 15.6 Å². The summed E-state index contributed by atoms with van der Waals surface area (Å²) < 4.78 is 61.0. The molecule has 1 N–H and O–H groups in total. The topological polar surface area (TPSA) is 76.9 Å². The van der Waals surface area contributed by atoms with Crippen molar-refractivity contribution in [2.45, 2.75) is 25.4 Å². The normalized spacial score (nSPS) is 11.8. The molecule has 0 spiro atoms. The summed E-state index contributed by atoms with van der Waals surface area (Å²) >= 11 is 0. The van der Waals surface area contributed by atoms with Crippen molar-refractivity contribution in [3.8, 4) is 0 Å². The Morgan fingerprint density at radius 1 is 1.44 bits per heavy atom. The molecule has 0 fully saturated rings. The molecule has 9 heteroatoms. The third-order valence-electron chi connectivity index (χ3n) is 1.37. The minimum absolute atomic E-state index is 1.11. The van der Waals surface area contributed by atoms with Crippen LogP contribution in [0, 0.1) is 0 Å². The number of imidazole rings is 1. The molecule has 1 rings (SSSR count). The van der Waals surface area contributed by atoms with Crippen LogP contribution in [0.1, 0.15) is 13.3 Å². The van der Waals surface area contributed by atoms with Crippen molar-refractivity contribution in [1.29, 1.82) is 0 Å². The number of H-pyrrole nitrogens is 1. The number of aromatic nitrogens is 2. The molecular formula is C7H11F3N2O3S. The standard InChI is InChI=1S/C6H10N2.CHF3O3S/c1-2-4-8-5-3-7-6-8;2-1(3,4)8(5,6)7/h3,5-6H,2,4H2,1H3;(H,5,6,7). The van der Waals surface area contributed by atoms with E-state index in [1.165, 1.54) is 6.42 Å². The molecule has 0 radical (unpaired) electrons. The Morgan fingerprint density at radius 2 is 1.94 bits per heavy atom. The second kappa shape index (κ2) is 5.85. The summed E-state index contributed by atoms with van der Waals surface area (Å²) in [6.07, 6.45) is 7.12. The van der Waals surface area contributed by atoms with Gasteiger partial charge in [-0.1, -0.05) is 6.92 Å². The maximum atomic E-state index is 10.7. The average molecular weight is 260 g/mol. The lowest BCUT2D eigenvalue weighted by Gasteiger charge is -2.08. The summed E-state index contributed by atoms with van der Waals surface area (Å²) in [4.78, 5) is 2.98. The summed E-state index contributed by atoms with van der Waals surface area (Å²) in [5, 5.41) is 0. The number of nitrogens with one attached hydrogen (secondary N) is 1. The lowest BCUT2D eigenvalue weighted by atomic mass is 10.5. The van der Waals surface area contributed by atoms with E-state index in [-0.39, 0.29) is 0 Å². The summed E-state index contributed by atoms with van der Waals surface area (Å²) in [5.41, 5.74) is -5.65. The maximum absolute atomic E-state index is 10.7. The predicted octanol–water partition coefficient (Wildman–Crippen LogP) is 0.764. The van der Waals surface area contributed by atoms with E-state index in [1.807, 2.05) is 18.7 Å². The van der Waals surface area contributed by atoms with Gasteiger partial charge in [-0.15, -0.1) is 0 Å². The van der Waals surface area contributed by atoms with E-state index >= 15 is 0 Å². The fraction of sp³-hybridized carbons (Fsp3) is 0.571. The second-order valence-electron chi connectivity index (χ2n) is 2.75. The van der Waals surface area contributed by atoms with Crippen molar-refractivity contribution < 1.29 is 30.7 Å². The number of hydrogen-bond acceptors (Lipinski definition) is 3. The van der Waals surface area contributed by atoms with E-state index in [2.05, 4.69) is 16.5 Å². The molecule has 1 aromatic rings. The van der Waals surface area contributed by atoms with Crippen LogP contribution in [0.4, 0.5) is 13.2 Å². The van der Waals surface area contributed by atoms with Crippen LogP contribution >= 0.6 is 0 Å². The Kier molecular flexibility index (Phi) is 5.45. The quantitative estimate of drug-likeness (QED) is 0.484. The van der Waals surface area contributed by atoms with E-state index in [1.54, 1.807) is 0 Å². The smallest absolute Gasteiger partial charge is 0.485 e. The van der Waals surface area contributed by atoms with Gasteiger partial charge in [-0.05, 0) is 6.42 Å². The molecule has 0 amide bonds. The zero-order valence-corrected chi connectivity index (χ0v) is 9.18. The molecule has 0 unspecified atom stereocenters. The van der Waals surface area contributed by atoms with Gasteiger partial charge in [0.15, 0.2) is 10.1 Å². The molecule has 0 atom stereocenters. The Balaban J connectivity index is 0.000000281. The van der Waals surface area contributed by atoms with Crippen molar-refractivity contribution >= 4 is 10.1 Å². The molecule has 0 saturated carbocycles. The third-order valence-corrected chi connectivity index (χ3v) is 1.93. The van der Waals surface area contributed by atoms with E-state index in [9.17, 15) is 13.2 Å². The largest absolute Gasteiger partial charge is 0.741 e. The van der Waals surface area contributed by atoms with Gasteiger partial charge in [-0.2, -0.15) is 13.2 Å². The van der Waals surface area contributed by atoms with Gasteiger partial charge in [-0.3, -0.25) is 4.98 Å². The van der Waals surface area contributed by atoms with Crippen LogP contribution in [0.15, 0.2) is 18.7 Å². The number of alkyl halides is 3. The van der Waals surface area contributed by atoms with Gasteiger partial charge in [0, 0.05) is 0 Å². The Morgan fingerprint density at radius 3 is 2.19 bits per heavy atom. The van der Waals surface area contributed by atoms with Gasteiger partial charge in [0.25, 0.3) is 0 Å². The van der Waals surface area contributed by atoms with Gasteiger partial charge in [0.1, 0.15) is 12.4 Å². The van der Waals surface area contributed by atoms with Crippen LogP contribution in [0.3, 0.4) is 0 Å². The van der Waals surface area contributed by atoms with Crippen LogP contribution < -0.4 is 4.57 Å². The van der Waals surface area contributed by atoms with Gasteiger partial charge < -0.3 is 4.55 Å². The molecule has 0 aromatic carbocycles. The molecule has 94 valence electrons. The highest BCUT2D eigenvalue weighted by atomic mass is 32.2. The molecule has 0 aliphatic carbocycles. The second-order valence-corrected chi connectivity index (χ2v) is 4.12. The van der Waals surface area contributed by atoms with E-state index in [0.717, 1.165) is 6.54 Å². The molecule has 16 heavy (non-hydrogen) atoms. The van der Waals surface area contributed by atoms with Crippen LogP contribution in [0.5, 0.6) is 0 Å². The lowest BCUT2D eigenvalue weighted by molar-refractivity contribution is -0.695. The molecule has 1 aromatic heterocycles. The SMILES string of the molecule is CCC[n+]1cc[nH]c1.O=S(=O)([O-])C(F)(F)F. The first-order chi connectivity index (χ1) is 7.18. The van der Waals surface area contributed by atoms with E-state index in [4.69, 9.17) is 13.0 Å². The molecule has 5 nitrogen and oxygen atoms in total. The first-order valence-corrected chi connectivity index (χ1v) is 5.63. The monoisotopic (exact) mass is 260 g/mol. The van der Waals surface area contributed by atoms with Crippen LogP contribution in [-0.2, 0) is 16.7 Å². The lowest BCUT2D eigenvalue weighted by Crippen LogP contribution is -2.29. The molecule has 0 aliphatic heterocycles. The number of aromatic amines is 1. The highest BCUT2D eigenvalue weighted by molar-refractivity contribution is 7.86. The third kappa shape index (κ3) is 5.71. The van der Waals surface area contributed by atoms with Gasteiger partial charge in [-0.25, -0.2) is 13.0 Å². The summed E-state index contributed by atoms with van der Waals surface area (Å²) in [7, 11) is -6.09. The van der Waals surface area contributed by atoms with Crippen molar-refractivity contribution in [3.05, 3.63) is 18.7 Å². The predicted molar refractivity (Wildman–Crippen MR) is 47.0 cm³/mol. The van der Waals surface area contributed by atoms with Crippen molar-refractivity contribution in [1.82, 2.24) is 4.98 Å². The summed E-state index contributed by atoms with van der Waals surface area (Å²) in [6.45, 7) is 3.28. The average Bonchev–Trinajstić information content (AvgIpc) is 2.54. The number of rotatable bonds is 2. The minimum atomic E-state index is -6.09.